The van der Waals surface area contributed by atoms with E-state index in [4.69, 9.17) is 9.47 Å². The van der Waals surface area contributed by atoms with Crippen molar-refractivity contribution in [3.63, 3.8) is 0 Å². The summed E-state index contributed by atoms with van der Waals surface area (Å²) in [4.78, 5) is 16.2. The van der Waals surface area contributed by atoms with E-state index in [1.54, 1.807) is 6.20 Å². The number of aryl methyl sites for hydroxylation is 1. The highest BCUT2D eigenvalue weighted by Crippen LogP contribution is 2.20. The van der Waals surface area contributed by atoms with Crippen molar-refractivity contribution in [2.45, 2.75) is 40.2 Å². The molecule has 0 spiro atoms. The maximum Gasteiger partial charge on any atom is 0.223 e. The average Bonchev–Trinajstić information content (AvgIpc) is 2.62. The van der Waals surface area contributed by atoms with Gasteiger partial charge in [0, 0.05) is 18.3 Å². The summed E-state index contributed by atoms with van der Waals surface area (Å²) in [6.07, 6.45) is 2.91. The Hall–Kier alpha value is -2.56. The molecule has 1 heterocycles. The summed E-state index contributed by atoms with van der Waals surface area (Å²) in [6.45, 7) is 7.46. The van der Waals surface area contributed by atoms with E-state index < -0.39 is 0 Å². The minimum absolute atomic E-state index is 0.0596. The van der Waals surface area contributed by atoms with Crippen molar-refractivity contribution in [2.24, 2.45) is 0 Å². The van der Waals surface area contributed by atoms with E-state index in [1.165, 1.54) is 5.56 Å². The van der Waals surface area contributed by atoms with Crippen LogP contribution in [0, 0.1) is 13.8 Å². The van der Waals surface area contributed by atoms with Crippen LogP contribution in [0.4, 0.5) is 0 Å². The molecule has 5 heteroatoms. The molecule has 0 unspecified atom stereocenters. The van der Waals surface area contributed by atoms with Gasteiger partial charge in [-0.3, -0.25) is 4.79 Å². The molecule has 0 atom stereocenters. The van der Waals surface area contributed by atoms with E-state index in [0.717, 1.165) is 23.3 Å². The summed E-state index contributed by atoms with van der Waals surface area (Å²) < 4.78 is 11.3. The fourth-order valence-electron chi connectivity index (χ4n) is 2.30. The zero-order valence-electron chi connectivity index (χ0n) is 15.2. The fraction of sp³-hybridized carbons (Fsp3) is 0.400. The van der Waals surface area contributed by atoms with Gasteiger partial charge < -0.3 is 14.8 Å². The highest BCUT2D eigenvalue weighted by Gasteiger charge is 2.08. The highest BCUT2D eigenvalue weighted by molar-refractivity contribution is 5.76. The molecule has 0 bridgehead atoms. The summed E-state index contributed by atoms with van der Waals surface area (Å²) >= 11 is 0. The van der Waals surface area contributed by atoms with Gasteiger partial charge in [0.15, 0.2) is 0 Å². The molecule has 25 heavy (non-hydrogen) atoms. The SMILES string of the molecule is CCCOc1ncccc1CNC(=O)CCOc1cccc(C)c1C. The summed E-state index contributed by atoms with van der Waals surface area (Å²) in [5.74, 6) is 1.35. The van der Waals surface area contributed by atoms with Gasteiger partial charge in [0.1, 0.15) is 5.75 Å². The molecule has 0 aliphatic heterocycles. The second kappa shape index (κ2) is 9.67. The molecule has 1 N–H and O–H groups in total. The Morgan fingerprint density at radius 2 is 1.96 bits per heavy atom. The van der Waals surface area contributed by atoms with Gasteiger partial charge in [0.25, 0.3) is 0 Å². The van der Waals surface area contributed by atoms with Gasteiger partial charge in [-0.05, 0) is 43.5 Å². The first-order valence-corrected chi connectivity index (χ1v) is 8.64. The lowest BCUT2D eigenvalue weighted by molar-refractivity contribution is -0.121. The van der Waals surface area contributed by atoms with E-state index in [2.05, 4.69) is 10.3 Å². The van der Waals surface area contributed by atoms with E-state index in [0.29, 0.717) is 32.1 Å². The number of aromatic nitrogens is 1. The topological polar surface area (TPSA) is 60.5 Å². The van der Waals surface area contributed by atoms with Gasteiger partial charge in [-0.1, -0.05) is 25.1 Å². The molecule has 0 aliphatic rings. The zero-order valence-corrected chi connectivity index (χ0v) is 15.2. The lowest BCUT2D eigenvalue weighted by Gasteiger charge is -2.12. The van der Waals surface area contributed by atoms with Crippen LogP contribution in [0.1, 0.15) is 36.5 Å². The lowest BCUT2D eigenvalue weighted by atomic mass is 10.1. The van der Waals surface area contributed by atoms with Crippen molar-refractivity contribution < 1.29 is 14.3 Å². The number of pyridine rings is 1. The molecule has 0 fully saturated rings. The predicted octanol–water partition coefficient (Wildman–Crippen LogP) is 3.57. The van der Waals surface area contributed by atoms with Crippen LogP contribution in [0.3, 0.4) is 0 Å². The molecule has 2 rings (SSSR count). The number of hydrogen-bond donors (Lipinski definition) is 1. The molecule has 5 nitrogen and oxygen atoms in total. The first-order valence-electron chi connectivity index (χ1n) is 8.64. The molecule has 0 aliphatic carbocycles. The van der Waals surface area contributed by atoms with Crippen molar-refractivity contribution in [1.82, 2.24) is 10.3 Å². The van der Waals surface area contributed by atoms with Crippen LogP contribution < -0.4 is 14.8 Å². The number of nitrogens with one attached hydrogen (secondary N) is 1. The van der Waals surface area contributed by atoms with Gasteiger partial charge >= 0.3 is 0 Å². The van der Waals surface area contributed by atoms with E-state index in [-0.39, 0.29) is 5.91 Å². The number of amides is 1. The zero-order chi connectivity index (χ0) is 18.1. The fourth-order valence-corrected chi connectivity index (χ4v) is 2.30. The molecule has 1 aromatic carbocycles. The van der Waals surface area contributed by atoms with Gasteiger partial charge in [-0.2, -0.15) is 0 Å². The normalized spacial score (nSPS) is 10.4. The van der Waals surface area contributed by atoms with Crippen LogP contribution in [0.2, 0.25) is 0 Å². The van der Waals surface area contributed by atoms with Crippen LogP contribution in [-0.4, -0.2) is 24.1 Å². The monoisotopic (exact) mass is 342 g/mol. The average molecular weight is 342 g/mol. The maximum absolute atomic E-state index is 12.0. The van der Waals surface area contributed by atoms with Crippen molar-refractivity contribution in [3.05, 3.63) is 53.2 Å². The minimum Gasteiger partial charge on any atom is -0.493 e. The number of ether oxygens (including phenoxy) is 2. The third-order valence-corrected chi connectivity index (χ3v) is 3.91. The number of rotatable bonds is 9. The third kappa shape index (κ3) is 5.78. The summed E-state index contributed by atoms with van der Waals surface area (Å²) in [5.41, 5.74) is 3.16. The van der Waals surface area contributed by atoms with Gasteiger partial charge in [0.05, 0.1) is 19.6 Å². The third-order valence-electron chi connectivity index (χ3n) is 3.91. The smallest absolute Gasteiger partial charge is 0.223 e. The van der Waals surface area contributed by atoms with Gasteiger partial charge in [0.2, 0.25) is 11.8 Å². The molecule has 0 saturated carbocycles. The van der Waals surface area contributed by atoms with Crippen molar-refractivity contribution >= 4 is 5.91 Å². The van der Waals surface area contributed by atoms with Gasteiger partial charge in [-0.15, -0.1) is 0 Å². The van der Waals surface area contributed by atoms with Crippen LogP contribution >= 0.6 is 0 Å². The number of carbonyl (C=O) groups is 1. The quantitative estimate of drug-likeness (QED) is 0.757. The Morgan fingerprint density at radius 1 is 1.12 bits per heavy atom. The summed E-state index contributed by atoms with van der Waals surface area (Å²) in [5, 5.41) is 2.89. The molecule has 0 saturated heterocycles. The standard InChI is InChI=1S/C20H26N2O3/c1-4-12-25-20-17(8-6-11-21-20)14-22-19(23)10-13-24-18-9-5-7-15(2)16(18)3/h5-9,11H,4,10,12-14H2,1-3H3,(H,22,23). The second-order valence-corrected chi connectivity index (χ2v) is 5.89. The van der Waals surface area contributed by atoms with Crippen LogP contribution in [0.25, 0.3) is 0 Å². The molecule has 2 aromatic rings. The summed E-state index contributed by atoms with van der Waals surface area (Å²) in [7, 11) is 0. The second-order valence-electron chi connectivity index (χ2n) is 5.89. The lowest BCUT2D eigenvalue weighted by Crippen LogP contribution is -2.25. The van der Waals surface area contributed by atoms with Crippen molar-refractivity contribution in [1.29, 1.82) is 0 Å². The van der Waals surface area contributed by atoms with Crippen molar-refractivity contribution in [3.8, 4) is 11.6 Å². The molecular weight excluding hydrogens is 316 g/mol. The Labute approximate surface area is 149 Å². The van der Waals surface area contributed by atoms with Crippen molar-refractivity contribution in [2.75, 3.05) is 13.2 Å². The molecular formula is C20H26N2O3. The Morgan fingerprint density at radius 3 is 2.76 bits per heavy atom. The van der Waals surface area contributed by atoms with Crippen LogP contribution in [0.5, 0.6) is 11.6 Å². The highest BCUT2D eigenvalue weighted by atomic mass is 16.5. The van der Waals surface area contributed by atoms with Crippen LogP contribution in [0.15, 0.2) is 36.5 Å². The van der Waals surface area contributed by atoms with E-state index in [9.17, 15) is 4.79 Å². The largest absolute Gasteiger partial charge is 0.493 e. The van der Waals surface area contributed by atoms with Crippen LogP contribution in [-0.2, 0) is 11.3 Å². The molecule has 1 amide bonds. The first-order chi connectivity index (χ1) is 12.1. The number of nitrogens with zero attached hydrogens (tertiary/aromatic N) is 1. The Balaban J connectivity index is 1.78. The molecule has 0 radical (unpaired) electrons. The Bertz CT molecular complexity index is 701. The number of benzene rings is 1. The Kier molecular flexibility index (Phi) is 7.26. The maximum atomic E-state index is 12.0. The van der Waals surface area contributed by atoms with E-state index >= 15 is 0 Å². The summed E-state index contributed by atoms with van der Waals surface area (Å²) in [6, 6.07) is 9.67. The minimum atomic E-state index is -0.0596. The van der Waals surface area contributed by atoms with E-state index in [1.807, 2.05) is 51.1 Å². The molecule has 134 valence electrons. The number of carbonyl (C=O) groups excluding carboxylic acids is 1. The predicted molar refractivity (Wildman–Crippen MR) is 97.9 cm³/mol. The molecule has 1 aromatic heterocycles. The van der Waals surface area contributed by atoms with Gasteiger partial charge in [-0.25, -0.2) is 4.98 Å². The number of hydrogen-bond acceptors (Lipinski definition) is 4. The first kappa shape index (κ1) is 18.8.